The number of aliphatic hydroxyl groups is 1. The minimum atomic E-state index is -1.06. The van der Waals surface area contributed by atoms with Crippen molar-refractivity contribution in [3.8, 4) is 0 Å². The van der Waals surface area contributed by atoms with Crippen molar-refractivity contribution < 1.29 is 24.5 Å². The third kappa shape index (κ3) is 3.18. The molecule has 0 bridgehead atoms. The summed E-state index contributed by atoms with van der Waals surface area (Å²) in [4.78, 5) is 23.8. The molecule has 2 N–H and O–H groups in total. The van der Waals surface area contributed by atoms with Crippen molar-refractivity contribution in [2.24, 2.45) is 0 Å². The van der Waals surface area contributed by atoms with E-state index in [1.807, 2.05) is 0 Å². The minimum Gasteiger partial charge on any atom is -0.480 e. The van der Waals surface area contributed by atoms with E-state index >= 15 is 0 Å². The number of methoxy groups -OCH3 is 1. The molecule has 0 saturated carbocycles. The zero-order valence-electron chi connectivity index (χ0n) is 9.26. The Morgan fingerprint density at radius 1 is 1.50 bits per heavy atom. The lowest BCUT2D eigenvalue weighted by Gasteiger charge is -2.20. The second-order valence-electron chi connectivity index (χ2n) is 3.89. The number of β-amino-alcohol motifs (C(OH)–C–C–N with tert-alkyl or cyclic N) is 1. The van der Waals surface area contributed by atoms with Crippen molar-refractivity contribution in [2.75, 3.05) is 20.3 Å². The molecule has 92 valence electrons. The molecule has 6 nitrogen and oxygen atoms in total. The van der Waals surface area contributed by atoms with Gasteiger partial charge in [0.1, 0.15) is 6.04 Å². The van der Waals surface area contributed by atoms with Gasteiger partial charge in [0.25, 0.3) is 0 Å². The first-order valence-corrected chi connectivity index (χ1v) is 5.25. The van der Waals surface area contributed by atoms with Crippen LogP contribution in [0.4, 0.5) is 0 Å². The van der Waals surface area contributed by atoms with Crippen molar-refractivity contribution in [1.82, 2.24) is 4.90 Å². The number of rotatable bonds is 5. The van der Waals surface area contributed by atoms with Crippen LogP contribution in [0.15, 0.2) is 0 Å². The quantitative estimate of drug-likeness (QED) is 0.620. The molecule has 1 fully saturated rings. The highest BCUT2D eigenvalue weighted by molar-refractivity contribution is 5.84. The van der Waals surface area contributed by atoms with Crippen LogP contribution in [-0.4, -0.2) is 59.4 Å². The molecule has 0 aliphatic carbocycles. The molecule has 6 heteroatoms. The zero-order valence-corrected chi connectivity index (χ0v) is 9.26. The van der Waals surface area contributed by atoms with Crippen LogP contribution in [-0.2, 0) is 14.3 Å². The fourth-order valence-corrected chi connectivity index (χ4v) is 1.83. The van der Waals surface area contributed by atoms with Crippen LogP contribution in [0, 0.1) is 0 Å². The number of ether oxygens (including phenoxy) is 1. The van der Waals surface area contributed by atoms with E-state index in [1.54, 1.807) is 7.11 Å². The number of likely N-dealkylation sites (tertiary alicyclic amines) is 1. The van der Waals surface area contributed by atoms with Crippen LogP contribution in [0.1, 0.15) is 19.3 Å². The molecule has 1 amide bonds. The molecule has 0 radical (unpaired) electrons. The van der Waals surface area contributed by atoms with Gasteiger partial charge in [0.05, 0.1) is 6.10 Å². The summed E-state index contributed by atoms with van der Waals surface area (Å²) in [6, 6.07) is -0.884. The molecule has 0 aromatic rings. The van der Waals surface area contributed by atoms with Gasteiger partial charge in [0, 0.05) is 33.1 Å². The summed E-state index contributed by atoms with van der Waals surface area (Å²) >= 11 is 0. The van der Waals surface area contributed by atoms with Gasteiger partial charge in [0.15, 0.2) is 0 Å². The van der Waals surface area contributed by atoms with Crippen molar-refractivity contribution in [3.63, 3.8) is 0 Å². The smallest absolute Gasteiger partial charge is 0.326 e. The molecule has 0 aromatic heterocycles. The molecule has 0 aromatic carbocycles. The Morgan fingerprint density at radius 3 is 2.75 bits per heavy atom. The number of aliphatic carboxylic acids is 1. The van der Waals surface area contributed by atoms with Gasteiger partial charge in [-0.1, -0.05) is 0 Å². The molecule has 1 saturated heterocycles. The number of carboxylic acids is 1. The monoisotopic (exact) mass is 231 g/mol. The predicted molar refractivity (Wildman–Crippen MR) is 54.9 cm³/mol. The van der Waals surface area contributed by atoms with Crippen molar-refractivity contribution in [2.45, 2.75) is 31.4 Å². The van der Waals surface area contributed by atoms with Gasteiger partial charge in [-0.05, 0) is 6.42 Å². The predicted octanol–water partition coefficient (Wildman–Crippen LogP) is -0.541. The van der Waals surface area contributed by atoms with E-state index < -0.39 is 18.1 Å². The van der Waals surface area contributed by atoms with Crippen LogP contribution in [0.25, 0.3) is 0 Å². The van der Waals surface area contributed by atoms with E-state index in [1.165, 1.54) is 4.90 Å². The van der Waals surface area contributed by atoms with E-state index in [-0.39, 0.29) is 25.3 Å². The highest BCUT2D eigenvalue weighted by Gasteiger charge is 2.38. The van der Waals surface area contributed by atoms with Gasteiger partial charge in [-0.25, -0.2) is 4.79 Å². The van der Waals surface area contributed by atoms with Gasteiger partial charge in [-0.15, -0.1) is 0 Å². The Labute approximate surface area is 93.8 Å². The summed E-state index contributed by atoms with van der Waals surface area (Å²) in [6.07, 6.45) is 0.205. The summed E-state index contributed by atoms with van der Waals surface area (Å²) in [6.45, 7) is 0.586. The van der Waals surface area contributed by atoms with Crippen LogP contribution < -0.4 is 0 Å². The van der Waals surface area contributed by atoms with Crippen LogP contribution in [0.3, 0.4) is 0 Å². The third-order valence-corrected chi connectivity index (χ3v) is 2.62. The number of carbonyl (C=O) groups excluding carboxylic acids is 1. The second kappa shape index (κ2) is 5.81. The SMILES string of the molecule is COCCCC(=O)N1CC(O)C[C@H]1C(=O)O. The molecule has 1 unspecified atom stereocenters. The standard InChI is InChI=1S/C10H17NO5/c1-16-4-2-3-9(13)11-6-7(12)5-8(11)10(14)15/h7-8,12H,2-6H2,1H3,(H,14,15)/t7?,8-/m0/s1. The third-order valence-electron chi connectivity index (χ3n) is 2.62. The summed E-state index contributed by atoms with van der Waals surface area (Å²) < 4.78 is 4.81. The molecule has 2 atom stereocenters. The maximum absolute atomic E-state index is 11.7. The van der Waals surface area contributed by atoms with Crippen LogP contribution >= 0.6 is 0 Å². The first-order chi connectivity index (χ1) is 7.56. The van der Waals surface area contributed by atoms with Gasteiger partial charge in [-0.2, -0.15) is 0 Å². The van der Waals surface area contributed by atoms with Crippen molar-refractivity contribution >= 4 is 11.9 Å². The van der Waals surface area contributed by atoms with Crippen LogP contribution in [0.2, 0.25) is 0 Å². The Kier molecular flexibility index (Phi) is 4.70. The normalized spacial score (nSPS) is 24.8. The van der Waals surface area contributed by atoms with E-state index in [2.05, 4.69) is 0 Å². The number of nitrogens with zero attached hydrogens (tertiary/aromatic N) is 1. The van der Waals surface area contributed by atoms with Crippen LogP contribution in [0.5, 0.6) is 0 Å². The summed E-state index contributed by atoms with van der Waals surface area (Å²) in [5, 5.41) is 18.2. The highest BCUT2D eigenvalue weighted by Crippen LogP contribution is 2.19. The van der Waals surface area contributed by atoms with E-state index in [0.29, 0.717) is 13.0 Å². The van der Waals surface area contributed by atoms with Gasteiger partial charge in [0.2, 0.25) is 5.91 Å². The molecular formula is C10H17NO5. The number of hydrogen-bond acceptors (Lipinski definition) is 4. The lowest BCUT2D eigenvalue weighted by molar-refractivity contribution is -0.148. The fourth-order valence-electron chi connectivity index (χ4n) is 1.83. The maximum atomic E-state index is 11.7. The van der Waals surface area contributed by atoms with E-state index in [9.17, 15) is 14.7 Å². The molecule has 1 aliphatic rings. The maximum Gasteiger partial charge on any atom is 0.326 e. The average Bonchev–Trinajstić information content (AvgIpc) is 2.61. The second-order valence-corrected chi connectivity index (χ2v) is 3.89. The lowest BCUT2D eigenvalue weighted by atomic mass is 10.2. The highest BCUT2D eigenvalue weighted by atomic mass is 16.5. The molecular weight excluding hydrogens is 214 g/mol. The first-order valence-electron chi connectivity index (χ1n) is 5.25. The van der Waals surface area contributed by atoms with Gasteiger partial charge < -0.3 is 19.8 Å². The Balaban J connectivity index is 2.50. The number of carbonyl (C=O) groups is 2. The van der Waals surface area contributed by atoms with E-state index in [0.717, 1.165) is 0 Å². The summed E-state index contributed by atoms with van der Waals surface area (Å²) in [7, 11) is 1.55. The molecule has 16 heavy (non-hydrogen) atoms. The summed E-state index contributed by atoms with van der Waals surface area (Å²) in [5.74, 6) is -1.29. The van der Waals surface area contributed by atoms with Crippen molar-refractivity contribution in [3.05, 3.63) is 0 Å². The molecule has 1 heterocycles. The Hall–Kier alpha value is -1.14. The Bertz CT molecular complexity index is 268. The lowest BCUT2D eigenvalue weighted by Crippen LogP contribution is -2.40. The number of aliphatic hydroxyl groups excluding tert-OH is 1. The number of carboxylic acid groups (broad SMARTS) is 1. The fraction of sp³-hybridized carbons (Fsp3) is 0.800. The topological polar surface area (TPSA) is 87.1 Å². The molecule has 0 spiro atoms. The average molecular weight is 231 g/mol. The summed E-state index contributed by atoms with van der Waals surface area (Å²) in [5.41, 5.74) is 0. The zero-order chi connectivity index (χ0) is 12.1. The largest absolute Gasteiger partial charge is 0.480 e. The van der Waals surface area contributed by atoms with E-state index in [4.69, 9.17) is 9.84 Å². The van der Waals surface area contributed by atoms with Crippen molar-refractivity contribution in [1.29, 1.82) is 0 Å². The Morgan fingerprint density at radius 2 is 2.19 bits per heavy atom. The minimum absolute atomic E-state index is 0.114. The molecule has 1 rings (SSSR count). The molecule has 1 aliphatic heterocycles. The van der Waals surface area contributed by atoms with Gasteiger partial charge >= 0.3 is 5.97 Å². The number of hydrogen-bond donors (Lipinski definition) is 2. The first kappa shape index (κ1) is 12.9. The number of amides is 1. The van der Waals surface area contributed by atoms with Gasteiger partial charge in [-0.3, -0.25) is 4.79 Å².